The van der Waals surface area contributed by atoms with Crippen molar-refractivity contribution in [2.75, 3.05) is 26.1 Å². The Hall–Kier alpha value is -4.58. The van der Waals surface area contributed by atoms with E-state index in [4.69, 9.17) is 14.2 Å². The first-order chi connectivity index (χ1) is 15.9. The average Bonchev–Trinajstić information content (AvgIpc) is 2.82. The Morgan fingerprint density at radius 1 is 1.09 bits per heavy atom. The molecule has 0 aliphatic carbocycles. The van der Waals surface area contributed by atoms with E-state index in [-0.39, 0.29) is 23.5 Å². The van der Waals surface area contributed by atoms with Crippen LogP contribution in [-0.2, 0) is 9.53 Å². The molecule has 2 N–H and O–H groups in total. The molecule has 1 aromatic heterocycles. The van der Waals surface area contributed by atoms with E-state index in [2.05, 4.69) is 10.3 Å². The number of esters is 1. The van der Waals surface area contributed by atoms with Gasteiger partial charge >= 0.3 is 5.97 Å². The third-order valence-electron chi connectivity index (χ3n) is 4.72. The van der Waals surface area contributed by atoms with E-state index in [0.29, 0.717) is 28.3 Å². The number of para-hydroxylation sites is 1. The fraction of sp³-hybridized carbons (Fsp3) is 0.167. The number of hydrogen-bond acceptors (Lipinski definition) is 7. The highest BCUT2D eigenvalue weighted by atomic mass is 16.5. The minimum absolute atomic E-state index is 0.0139. The van der Waals surface area contributed by atoms with E-state index in [1.54, 1.807) is 49.4 Å². The number of nitriles is 1. The monoisotopic (exact) mass is 447 g/mol. The molecule has 0 atom stereocenters. The van der Waals surface area contributed by atoms with Crippen molar-refractivity contribution in [2.24, 2.45) is 0 Å². The summed E-state index contributed by atoms with van der Waals surface area (Å²) in [5.74, 6) is -0.458. The summed E-state index contributed by atoms with van der Waals surface area (Å²) in [5, 5.41) is 12.0. The van der Waals surface area contributed by atoms with Crippen molar-refractivity contribution in [3.05, 3.63) is 75.7 Å². The second-order valence-corrected chi connectivity index (χ2v) is 6.92. The highest BCUT2D eigenvalue weighted by molar-refractivity contribution is 6.01. The van der Waals surface area contributed by atoms with Gasteiger partial charge in [0.15, 0.2) is 18.1 Å². The molecule has 0 spiro atoms. The Morgan fingerprint density at radius 2 is 1.85 bits per heavy atom. The molecule has 1 amide bonds. The number of anilines is 1. The fourth-order valence-corrected chi connectivity index (χ4v) is 3.19. The molecule has 3 rings (SSSR count). The summed E-state index contributed by atoms with van der Waals surface area (Å²) in [7, 11) is 2.69. The van der Waals surface area contributed by atoms with Crippen LogP contribution in [0.2, 0.25) is 0 Å². The maximum absolute atomic E-state index is 12.4. The number of aromatic amines is 1. The average molecular weight is 447 g/mol. The Labute approximate surface area is 189 Å². The van der Waals surface area contributed by atoms with Gasteiger partial charge in [-0.3, -0.25) is 9.59 Å². The van der Waals surface area contributed by atoms with Crippen LogP contribution in [0.25, 0.3) is 11.1 Å². The predicted octanol–water partition coefficient (Wildman–Crippen LogP) is 3.03. The van der Waals surface area contributed by atoms with Gasteiger partial charge in [0.2, 0.25) is 0 Å². The molecular formula is C24H21N3O6. The van der Waals surface area contributed by atoms with Crippen LogP contribution >= 0.6 is 0 Å². The number of amides is 1. The van der Waals surface area contributed by atoms with Gasteiger partial charge in [0.05, 0.1) is 25.5 Å². The number of hydrogen-bond donors (Lipinski definition) is 2. The molecule has 0 saturated carbocycles. The molecule has 0 saturated heterocycles. The minimum Gasteiger partial charge on any atom is -0.493 e. The lowest BCUT2D eigenvalue weighted by Gasteiger charge is -2.14. The molecule has 0 aliphatic rings. The largest absolute Gasteiger partial charge is 0.493 e. The van der Waals surface area contributed by atoms with Crippen molar-refractivity contribution in [3.8, 4) is 28.7 Å². The van der Waals surface area contributed by atoms with Crippen LogP contribution in [0.1, 0.15) is 21.6 Å². The zero-order valence-corrected chi connectivity index (χ0v) is 18.2. The Kier molecular flexibility index (Phi) is 7.10. The topological polar surface area (TPSA) is 131 Å². The zero-order chi connectivity index (χ0) is 24.0. The number of H-pyrrole nitrogens is 1. The van der Waals surface area contributed by atoms with Gasteiger partial charge < -0.3 is 24.5 Å². The molecule has 1 heterocycles. The van der Waals surface area contributed by atoms with Crippen LogP contribution < -0.4 is 20.3 Å². The Morgan fingerprint density at radius 3 is 2.55 bits per heavy atom. The number of rotatable bonds is 7. The van der Waals surface area contributed by atoms with Crippen LogP contribution in [-0.4, -0.2) is 37.7 Å². The highest BCUT2D eigenvalue weighted by Crippen LogP contribution is 2.33. The summed E-state index contributed by atoms with van der Waals surface area (Å²) in [6.07, 6.45) is 0. The van der Waals surface area contributed by atoms with Crippen LogP contribution in [0.4, 0.5) is 5.69 Å². The van der Waals surface area contributed by atoms with E-state index in [9.17, 15) is 19.6 Å². The summed E-state index contributed by atoms with van der Waals surface area (Å²) in [4.78, 5) is 38.9. The molecule has 3 aromatic rings. The van der Waals surface area contributed by atoms with Crippen molar-refractivity contribution < 1.29 is 23.8 Å². The number of aromatic nitrogens is 1. The van der Waals surface area contributed by atoms with Gasteiger partial charge in [0.25, 0.3) is 11.5 Å². The smallest absolute Gasteiger partial charge is 0.339 e. The third-order valence-corrected chi connectivity index (χ3v) is 4.72. The highest BCUT2D eigenvalue weighted by Gasteiger charge is 2.16. The van der Waals surface area contributed by atoms with Crippen molar-refractivity contribution in [3.63, 3.8) is 0 Å². The van der Waals surface area contributed by atoms with E-state index < -0.39 is 17.4 Å². The van der Waals surface area contributed by atoms with Crippen LogP contribution in [0.15, 0.2) is 53.3 Å². The van der Waals surface area contributed by atoms with E-state index in [1.807, 2.05) is 6.07 Å². The number of nitrogens with one attached hydrogen (secondary N) is 2. The number of pyridine rings is 1. The van der Waals surface area contributed by atoms with E-state index in [1.165, 1.54) is 20.3 Å². The quantitative estimate of drug-likeness (QED) is 0.532. The van der Waals surface area contributed by atoms with Gasteiger partial charge in [0.1, 0.15) is 11.6 Å². The number of carbonyl (C=O) groups is 2. The van der Waals surface area contributed by atoms with Crippen molar-refractivity contribution in [1.82, 2.24) is 4.98 Å². The Balaban J connectivity index is 1.79. The summed E-state index contributed by atoms with van der Waals surface area (Å²) in [5.41, 5.74) is 1.68. The molecule has 2 aromatic carbocycles. The first-order valence-electron chi connectivity index (χ1n) is 9.80. The van der Waals surface area contributed by atoms with Gasteiger partial charge in [-0.05, 0) is 42.8 Å². The molecular weight excluding hydrogens is 426 g/mol. The summed E-state index contributed by atoms with van der Waals surface area (Å²) in [6.45, 7) is 1.37. The van der Waals surface area contributed by atoms with Crippen molar-refractivity contribution in [2.45, 2.75) is 6.92 Å². The predicted molar refractivity (Wildman–Crippen MR) is 120 cm³/mol. The molecule has 0 radical (unpaired) electrons. The van der Waals surface area contributed by atoms with Crippen molar-refractivity contribution >= 4 is 17.6 Å². The number of ether oxygens (including phenoxy) is 3. The summed E-state index contributed by atoms with van der Waals surface area (Å²) >= 11 is 0. The number of aryl methyl sites for hydroxylation is 1. The standard InChI is InChI=1S/C24H21N3O6/c1-14-10-17(18(12-25)23(29)26-14)15-8-9-20(21(11-15)31-2)33-13-22(28)27-19-7-5-4-6-16(19)24(30)32-3/h4-11H,13H2,1-3H3,(H,26,29)(H,27,28). The zero-order valence-electron chi connectivity index (χ0n) is 18.2. The first kappa shape index (κ1) is 23.1. The third kappa shape index (κ3) is 5.19. The second-order valence-electron chi connectivity index (χ2n) is 6.92. The summed E-state index contributed by atoms with van der Waals surface area (Å²) < 4.78 is 15.7. The normalized spacial score (nSPS) is 10.1. The minimum atomic E-state index is -0.573. The van der Waals surface area contributed by atoms with Gasteiger partial charge in [-0.1, -0.05) is 18.2 Å². The van der Waals surface area contributed by atoms with Gasteiger partial charge in [-0.2, -0.15) is 5.26 Å². The maximum Gasteiger partial charge on any atom is 0.339 e. The van der Waals surface area contributed by atoms with E-state index >= 15 is 0 Å². The number of benzene rings is 2. The fourth-order valence-electron chi connectivity index (χ4n) is 3.19. The molecule has 0 fully saturated rings. The summed E-state index contributed by atoms with van der Waals surface area (Å²) in [6, 6.07) is 14.9. The van der Waals surface area contributed by atoms with Crippen LogP contribution in [0.3, 0.4) is 0 Å². The lowest BCUT2D eigenvalue weighted by molar-refractivity contribution is -0.118. The number of methoxy groups -OCH3 is 2. The lowest BCUT2D eigenvalue weighted by atomic mass is 10.0. The SMILES string of the molecule is COC(=O)c1ccccc1NC(=O)COc1ccc(-c2cc(C)[nH]c(=O)c2C#N)cc1OC. The molecule has 9 nitrogen and oxygen atoms in total. The van der Waals surface area contributed by atoms with Gasteiger partial charge in [-0.15, -0.1) is 0 Å². The maximum atomic E-state index is 12.4. The molecule has 168 valence electrons. The van der Waals surface area contributed by atoms with Gasteiger partial charge in [-0.25, -0.2) is 4.79 Å². The molecule has 0 aliphatic heterocycles. The Bertz CT molecular complexity index is 1310. The molecule has 9 heteroatoms. The molecule has 0 unspecified atom stereocenters. The number of carbonyl (C=O) groups excluding carboxylic acids is 2. The van der Waals surface area contributed by atoms with Crippen LogP contribution in [0, 0.1) is 18.3 Å². The van der Waals surface area contributed by atoms with E-state index in [0.717, 1.165) is 0 Å². The van der Waals surface area contributed by atoms with Crippen LogP contribution in [0.5, 0.6) is 11.5 Å². The molecule has 33 heavy (non-hydrogen) atoms. The van der Waals surface area contributed by atoms with Crippen molar-refractivity contribution in [1.29, 1.82) is 5.26 Å². The first-order valence-corrected chi connectivity index (χ1v) is 9.80. The van der Waals surface area contributed by atoms with Gasteiger partial charge in [0, 0.05) is 11.3 Å². The lowest BCUT2D eigenvalue weighted by Crippen LogP contribution is -2.22. The second kappa shape index (κ2) is 10.2. The molecule has 0 bridgehead atoms. The number of nitrogens with zero attached hydrogens (tertiary/aromatic N) is 1.